The number of hydrogen-bond acceptors (Lipinski definition) is 3. The van der Waals surface area contributed by atoms with Crippen LogP contribution in [0.5, 0.6) is 0 Å². The number of nitrogens with two attached hydrogens (primary N) is 1. The molecule has 0 radical (unpaired) electrons. The maximum Gasteiger partial charge on any atom is 0.306 e. The molecule has 1 atom stereocenters. The van der Waals surface area contributed by atoms with Crippen LogP contribution in [0.1, 0.15) is 45.1 Å². The SMILES string of the molecule is CC(C)(C)OC(=O)CCC(CN)c1ccccc1F. The number of hydrogen-bond donors (Lipinski definition) is 1. The van der Waals surface area contributed by atoms with E-state index in [0.29, 0.717) is 18.5 Å². The van der Waals surface area contributed by atoms with E-state index in [0.717, 1.165) is 0 Å². The van der Waals surface area contributed by atoms with Crippen LogP contribution in [0.25, 0.3) is 0 Å². The highest BCUT2D eigenvalue weighted by molar-refractivity contribution is 5.69. The Morgan fingerprint density at radius 2 is 2.00 bits per heavy atom. The van der Waals surface area contributed by atoms with Gasteiger partial charge in [-0.05, 0) is 51.3 Å². The van der Waals surface area contributed by atoms with Crippen molar-refractivity contribution in [3.05, 3.63) is 35.6 Å². The van der Waals surface area contributed by atoms with Gasteiger partial charge in [0.05, 0.1) is 0 Å². The Kier molecular flexibility index (Phi) is 5.48. The second kappa shape index (κ2) is 6.66. The lowest BCUT2D eigenvalue weighted by molar-refractivity contribution is -0.155. The highest BCUT2D eigenvalue weighted by Crippen LogP contribution is 2.23. The van der Waals surface area contributed by atoms with Crippen molar-refractivity contribution in [2.45, 2.75) is 45.1 Å². The molecule has 0 saturated carbocycles. The fourth-order valence-electron chi connectivity index (χ4n) is 1.89. The van der Waals surface area contributed by atoms with Gasteiger partial charge in [0, 0.05) is 6.42 Å². The van der Waals surface area contributed by atoms with Crippen LogP contribution in [-0.2, 0) is 9.53 Å². The number of halogens is 1. The molecule has 2 N–H and O–H groups in total. The van der Waals surface area contributed by atoms with Crippen LogP contribution in [0, 0.1) is 5.82 Å². The monoisotopic (exact) mass is 267 g/mol. The minimum Gasteiger partial charge on any atom is -0.460 e. The third-order valence-corrected chi connectivity index (χ3v) is 2.75. The van der Waals surface area contributed by atoms with E-state index in [1.165, 1.54) is 6.07 Å². The van der Waals surface area contributed by atoms with Gasteiger partial charge in [-0.1, -0.05) is 18.2 Å². The standard InChI is InChI=1S/C15H22FNO2/c1-15(2,3)19-14(18)9-8-11(10-17)12-6-4-5-7-13(12)16/h4-7,11H,8-10,17H2,1-3H3. The summed E-state index contributed by atoms with van der Waals surface area (Å²) < 4.78 is 18.9. The molecule has 0 aliphatic rings. The van der Waals surface area contributed by atoms with Crippen molar-refractivity contribution in [3.8, 4) is 0 Å². The summed E-state index contributed by atoms with van der Waals surface area (Å²) >= 11 is 0. The molecular formula is C15H22FNO2. The largest absolute Gasteiger partial charge is 0.460 e. The van der Waals surface area contributed by atoms with Gasteiger partial charge in [0.15, 0.2) is 0 Å². The van der Waals surface area contributed by atoms with Crippen LogP contribution in [0.15, 0.2) is 24.3 Å². The van der Waals surface area contributed by atoms with Gasteiger partial charge in [-0.15, -0.1) is 0 Å². The molecule has 0 saturated heterocycles. The number of ether oxygens (including phenoxy) is 1. The lowest BCUT2D eigenvalue weighted by Crippen LogP contribution is -2.24. The Labute approximate surface area is 113 Å². The van der Waals surface area contributed by atoms with Crippen molar-refractivity contribution >= 4 is 5.97 Å². The molecule has 0 amide bonds. The van der Waals surface area contributed by atoms with E-state index in [-0.39, 0.29) is 24.1 Å². The first-order valence-corrected chi connectivity index (χ1v) is 6.50. The van der Waals surface area contributed by atoms with Gasteiger partial charge >= 0.3 is 5.97 Å². The molecule has 1 unspecified atom stereocenters. The van der Waals surface area contributed by atoms with Crippen LogP contribution in [0.2, 0.25) is 0 Å². The number of esters is 1. The maximum absolute atomic E-state index is 13.7. The number of carbonyl (C=O) groups excluding carboxylic acids is 1. The normalized spacial score (nSPS) is 13.1. The van der Waals surface area contributed by atoms with E-state index in [4.69, 9.17) is 10.5 Å². The van der Waals surface area contributed by atoms with Crippen molar-refractivity contribution < 1.29 is 13.9 Å². The summed E-state index contributed by atoms with van der Waals surface area (Å²) in [4.78, 5) is 11.6. The predicted octanol–water partition coefficient (Wildman–Crippen LogP) is 2.99. The number of carbonyl (C=O) groups is 1. The smallest absolute Gasteiger partial charge is 0.306 e. The Balaban J connectivity index is 2.59. The molecule has 0 fully saturated rings. The van der Waals surface area contributed by atoms with Crippen molar-refractivity contribution in [3.63, 3.8) is 0 Å². The molecule has 1 aromatic rings. The zero-order chi connectivity index (χ0) is 14.5. The molecule has 0 aliphatic heterocycles. The fourth-order valence-corrected chi connectivity index (χ4v) is 1.89. The van der Waals surface area contributed by atoms with Crippen molar-refractivity contribution in [2.75, 3.05) is 6.54 Å². The average Bonchev–Trinajstić information content (AvgIpc) is 2.29. The van der Waals surface area contributed by atoms with Crippen LogP contribution < -0.4 is 5.73 Å². The highest BCUT2D eigenvalue weighted by Gasteiger charge is 2.19. The fraction of sp³-hybridized carbons (Fsp3) is 0.533. The van der Waals surface area contributed by atoms with E-state index < -0.39 is 5.60 Å². The topological polar surface area (TPSA) is 52.3 Å². The summed E-state index contributed by atoms with van der Waals surface area (Å²) in [6.45, 7) is 5.77. The Bertz CT molecular complexity index is 426. The number of rotatable bonds is 5. The molecule has 1 aromatic carbocycles. The Morgan fingerprint density at radius 3 is 2.53 bits per heavy atom. The molecule has 3 nitrogen and oxygen atoms in total. The van der Waals surface area contributed by atoms with Gasteiger partial charge in [0.2, 0.25) is 0 Å². The molecule has 0 spiro atoms. The third-order valence-electron chi connectivity index (χ3n) is 2.75. The van der Waals surface area contributed by atoms with Crippen molar-refractivity contribution in [1.82, 2.24) is 0 Å². The van der Waals surface area contributed by atoms with Crippen molar-refractivity contribution in [1.29, 1.82) is 0 Å². The van der Waals surface area contributed by atoms with Crippen LogP contribution in [0.3, 0.4) is 0 Å². The van der Waals surface area contributed by atoms with Crippen LogP contribution >= 0.6 is 0 Å². The van der Waals surface area contributed by atoms with E-state index in [1.807, 2.05) is 20.8 Å². The summed E-state index contributed by atoms with van der Waals surface area (Å²) in [6, 6.07) is 6.53. The first-order valence-electron chi connectivity index (χ1n) is 6.50. The molecular weight excluding hydrogens is 245 g/mol. The average molecular weight is 267 g/mol. The highest BCUT2D eigenvalue weighted by atomic mass is 19.1. The number of benzene rings is 1. The van der Waals surface area contributed by atoms with Gasteiger partial charge < -0.3 is 10.5 Å². The lowest BCUT2D eigenvalue weighted by Gasteiger charge is -2.21. The summed E-state index contributed by atoms with van der Waals surface area (Å²) in [7, 11) is 0. The first-order chi connectivity index (χ1) is 8.83. The summed E-state index contributed by atoms with van der Waals surface area (Å²) in [6.07, 6.45) is 0.736. The van der Waals surface area contributed by atoms with Gasteiger partial charge in [-0.25, -0.2) is 4.39 Å². The van der Waals surface area contributed by atoms with E-state index >= 15 is 0 Å². The molecule has 1 rings (SSSR count). The molecule has 0 bridgehead atoms. The first kappa shape index (κ1) is 15.6. The Hall–Kier alpha value is -1.42. The third kappa shape index (κ3) is 5.39. The minimum absolute atomic E-state index is 0.159. The Morgan fingerprint density at radius 1 is 1.37 bits per heavy atom. The zero-order valence-electron chi connectivity index (χ0n) is 11.8. The van der Waals surface area contributed by atoms with Crippen molar-refractivity contribution in [2.24, 2.45) is 5.73 Å². The maximum atomic E-state index is 13.7. The van der Waals surface area contributed by atoms with E-state index in [1.54, 1.807) is 18.2 Å². The predicted molar refractivity (Wildman–Crippen MR) is 73.3 cm³/mol. The molecule has 0 heterocycles. The minimum atomic E-state index is -0.493. The van der Waals surface area contributed by atoms with Gasteiger partial charge in [0.25, 0.3) is 0 Å². The second-order valence-corrected chi connectivity index (χ2v) is 5.58. The summed E-state index contributed by atoms with van der Waals surface area (Å²) in [5.41, 5.74) is 5.74. The molecule has 0 aromatic heterocycles. The second-order valence-electron chi connectivity index (χ2n) is 5.58. The summed E-state index contributed by atoms with van der Waals surface area (Å²) in [5, 5.41) is 0. The van der Waals surface area contributed by atoms with Gasteiger partial charge in [0.1, 0.15) is 11.4 Å². The van der Waals surface area contributed by atoms with Crippen LogP contribution in [-0.4, -0.2) is 18.1 Å². The lowest BCUT2D eigenvalue weighted by atomic mass is 9.94. The quantitative estimate of drug-likeness (QED) is 0.834. The van der Waals surface area contributed by atoms with Gasteiger partial charge in [-0.3, -0.25) is 4.79 Å². The van der Waals surface area contributed by atoms with Crippen LogP contribution in [0.4, 0.5) is 4.39 Å². The van der Waals surface area contributed by atoms with Gasteiger partial charge in [-0.2, -0.15) is 0 Å². The van der Waals surface area contributed by atoms with E-state index in [9.17, 15) is 9.18 Å². The zero-order valence-corrected chi connectivity index (χ0v) is 11.8. The molecule has 19 heavy (non-hydrogen) atoms. The summed E-state index contributed by atoms with van der Waals surface area (Å²) in [5.74, 6) is -0.710. The molecule has 106 valence electrons. The van der Waals surface area contributed by atoms with E-state index in [2.05, 4.69) is 0 Å². The molecule has 4 heteroatoms. The molecule has 0 aliphatic carbocycles.